The molecule has 0 bridgehead atoms. The summed E-state index contributed by atoms with van der Waals surface area (Å²) in [5.41, 5.74) is 4.45. The van der Waals surface area contributed by atoms with Crippen molar-refractivity contribution < 1.29 is 0 Å². The van der Waals surface area contributed by atoms with Crippen molar-refractivity contribution in [3.63, 3.8) is 0 Å². The van der Waals surface area contributed by atoms with Crippen molar-refractivity contribution >= 4 is 44.0 Å². The van der Waals surface area contributed by atoms with Gasteiger partial charge in [-0.15, -0.1) is 0 Å². The molecule has 88 valence electrons. The molecule has 1 heterocycles. The molecule has 1 nitrogen and oxygen atoms in total. The lowest BCUT2D eigenvalue weighted by Gasteiger charge is -2.12. The van der Waals surface area contributed by atoms with Crippen molar-refractivity contribution in [2.45, 2.75) is 0 Å². The van der Waals surface area contributed by atoms with E-state index < -0.39 is 0 Å². The summed E-state index contributed by atoms with van der Waals surface area (Å²) in [5.74, 6) is 0. The summed E-state index contributed by atoms with van der Waals surface area (Å²) in [4.78, 5) is 4.64. The minimum atomic E-state index is 0.828. The van der Waals surface area contributed by atoms with Crippen LogP contribution in [-0.4, -0.2) is 4.98 Å². The van der Waals surface area contributed by atoms with Crippen molar-refractivity contribution in [1.82, 2.24) is 4.98 Å². The number of pyridine rings is 1. The fourth-order valence-corrected chi connectivity index (χ4v) is 2.63. The highest BCUT2D eigenvalue weighted by Crippen LogP contribution is 2.33. The fraction of sp³-hybridized carbons (Fsp3) is 0. The lowest BCUT2D eigenvalue weighted by atomic mass is 9.98. The molecule has 3 heteroatoms. The van der Waals surface area contributed by atoms with Crippen LogP contribution in [0.5, 0.6) is 0 Å². The van der Waals surface area contributed by atoms with E-state index in [1.54, 1.807) is 0 Å². The van der Waals surface area contributed by atoms with Crippen LogP contribution in [-0.2, 0) is 0 Å². The number of fused-ring (bicyclic) bond motifs is 3. The summed E-state index contributed by atoms with van der Waals surface area (Å²) in [6, 6.07) is 10.4. The minimum absolute atomic E-state index is 0.828. The molecule has 3 rings (SSSR count). The second kappa shape index (κ2) is 4.82. The summed E-state index contributed by atoms with van der Waals surface area (Å²) in [5, 5.41) is 0. The molecule has 0 aliphatic heterocycles. The Morgan fingerprint density at radius 2 is 1.61 bits per heavy atom. The summed E-state index contributed by atoms with van der Waals surface area (Å²) in [7, 11) is 0. The smallest absolute Gasteiger partial charge is 0.121 e. The molecule has 0 radical (unpaired) electrons. The van der Waals surface area contributed by atoms with Crippen LogP contribution in [0.15, 0.2) is 51.6 Å². The van der Waals surface area contributed by atoms with E-state index in [2.05, 4.69) is 73.3 Å². The number of allylic oxidation sites excluding steroid dienone is 2. The van der Waals surface area contributed by atoms with Crippen LogP contribution < -0.4 is 0 Å². The van der Waals surface area contributed by atoms with E-state index in [1.165, 1.54) is 5.56 Å². The zero-order chi connectivity index (χ0) is 12.5. The van der Waals surface area contributed by atoms with Gasteiger partial charge in [-0.25, -0.2) is 4.98 Å². The van der Waals surface area contributed by atoms with Crippen LogP contribution in [0.1, 0.15) is 11.1 Å². The van der Waals surface area contributed by atoms with Crippen molar-refractivity contribution in [2.24, 2.45) is 0 Å². The summed E-state index contributed by atoms with van der Waals surface area (Å²) in [6.07, 6.45) is 8.27. The zero-order valence-corrected chi connectivity index (χ0v) is 12.6. The van der Waals surface area contributed by atoms with Crippen LogP contribution >= 0.6 is 31.9 Å². The molecule has 1 aromatic heterocycles. The molecule has 2 aromatic rings. The fourth-order valence-electron chi connectivity index (χ4n) is 2.00. The van der Waals surface area contributed by atoms with E-state index in [4.69, 9.17) is 0 Å². The van der Waals surface area contributed by atoms with Crippen molar-refractivity contribution in [3.8, 4) is 11.3 Å². The van der Waals surface area contributed by atoms with E-state index >= 15 is 0 Å². The Morgan fingerprint density at radius 1 is 0.889 bits per heavy atom. The first-order valence-corrected chi connectivity index (χ1v) is 7.14. The molecule has 1 aliphatic rings. The number of nitrogens with zero attached hydrogens (tertiary/aromatic N) is 1. The normalized spacial score (nSPS) is 16.1. The highest BCUT2D eigenvalue weighted by Gasteiger charge is 2.12. The molecule has 0 amide bonds. The van der Waals surface area contributed by atoms with E-state index in [9.17, 15) is 0 Å². The lowest BCUT2D eigenvalue weighted by Crippen LogP contribution is -1.94. The third-order valence-electron chi connectivity index (χ3n) is 2.84. The van der Waals surface area contributed by atoms with Gasteiger partial charge in [0.1, 0.15) is 4.60 Å². The Bertz CT molecular complexity index is 672. The van der Waals surface area contributed by atoms with Gasteiger partial charge >= 0.3 is 0 Å². The SMILES string of the molecule is Brc1cc2c(nc1Br)-c1ccccc1/C=C\C=C/2. The second-order valence-electron chi connectivity index (χ2n) is 4.00. The topological polar surface area (TPSA) is 12.9 Å². The Kier molecular flexibility index (Phi) is 3.18. The summed E-state index contributed by atoms with van der Waals surface area (Å²) < 4.78 is 1.79. The molecule has 1 aliphatic carbocycles. The Hall–Kier alpha value is -1.19. The minimum Gasteiger partial charge on any atom is -0.239 e. The predicted octanol–water partition coefficient (Wildman–Crippen LogP) is 5.31. The standard InChI is InChI=1S/C15H9Br2N/c16-13-9-11-7-2-1-5-10-6-3-4-8-12(10)14(11)18-15(13)17/h1-9H/b2-1?,5-1-,7-2-,10-5?,11-7?,14-12?. The van der Waals surface area contributed by atoms with Crippen LogP contribution in [0.25, 0.3) is 23.4 Å². The molecule has 0 saturated carbocycles. The number of hydrogen-bond acceptors (Lipinski definition) is 1. The van der Waals surface area contributed by atoms with Crippen LogP contribution in [0.4, 0.5) is 0 Å². The largest absolute Gasteiger partial charge is 0.239 e. The van der Waals surface area contributed by atoms with Gasteiger partial charge in [0, 0.05) is 11.1 Å². The summed E-state index contributed by atoms with van der Waals surface area (Å²) >= 11 is 6.97. The number of aromatic nitrogens is 1. The number of benzene rings is 1. The molecule has 1 aromatic carbocycles. The lowest BCUT2D eigenvalue weighted by molar-refractivity contribution is 1.24. The maximum Gasteiger partial charge on any atom is 0.121 e. The van der Waals surface area contributed by atoms with Gasteiger partial charge in [0.2, 0.25) is 0 Å². The highest BCUT2D eigenvalue weighted by molar-refractivity contribution is 9.13. The third-order valence-corrected chi connectivity index (χ3v) is 4.58. The number of halogens is 2. The number of rotatable bonds is 0. The molecule has 0 fully saturated rings. The molecular weight excluding hydrogens is 354 g/mol. The van der Waals surface area contributed by atoms with Gasteiger partial charge in [0.05, 0.1) is 10.2 Å². The van der Waals surface area contributed by atoms with Gasteiger partial charge in [0.15, 0.2) is 0 Å². The van der Waals surface area contributed by atoms with Crippen LogP contribution in [0, 0.1) is 0 Å². The van der Waals surface area contributed by atoms with Gasteiger partial charge in [-0.2, -0.15) is 0 Å². The maximum atomic E-state index is 4.64. The van der Waals surface area contributed by atoms with E-state index in [1.807, 2.05) is 18.2 Å². The van der Waals surface area contributed by atoms with Gasteiger partial charge in [-0.1, -0.05) is 48.6 Å². The Labute approximate surface area is 123 Å². The quantitative estimate of drug-likeness (QED) is 0.578. The van der Waals surface area contributed by atoms with E-state index in [0.717, 1.165) is 25.9 Å². The first-order valence-electron chi connectivity index (χ1n) is 5.56. The molecule has 0 saturated heterocycles. The average Bonchev–Trinajstić information content (AvgIpc) is 2.37. The van der Waals surface area contributed by atoms with Gasteiger partial charge in [0.25, 0.3) is 0 Å². The van der Waals surface area contributed by atoms with Crippen LogP contribution in [0.2, 0.25) is 0 Å². The molecule has 0 spiro atoms. The molecular formula is C15H9Br2N. The van der Waals surface area contributed by atoms with Gasteiger partial charge in [-0.3, -0.25) is 0 Å². The Morgan fingerprint density at radius 3 is 2.44 bits per heavy atom. The molecule has 0 atom stereocenters. The third kappa shape index (κ3) is 2.08. The highest BCUT2D eigenvalue weighted by atomic mass is 79.9. The van der Waals surface area contributed by atoms with E-state index in [0.29, 0.717) is 0 Å². The zero-order valence-electron chi connectivity index (χ0n) is 9.40. The predicted molar refractivity (Wildman–Crippen MR) is 83.1 cm³/mol. The Balaban J connectivity index is 2.35. The molecule has 0 N–H and O–H groups in total. The second-order valence-corrected chi connectivity index (χ2v) is 5.61. The van der Waals surface area contributed by atoms with Crippen LogP contribution in [0.3, 0.4) is 0 Å². The van der Waals surface area contributed by atoms with E-state index in [-0.39, 0.29) is 0 Å². The van der Waals surface area contributed by atoms with Gasteiger partial charge in [-0.05, 0) is 43.5 Å². The molecule has 0 unspecified atom stereocenters. The first kappa shape index (κ1) is 11.9. The molecule has 18 heavy (non-hydrogen) atoms. The van der Waals surface area contributed by atoms with Crippen molar-refractivity contribution in [1.29, 1.82) is 0 Å². The first-order chi connectivity index (χ1) is 8.75. The van der Waals surface area contributed by atoms with Crippen molar-refractivity contribution in [2.75, 3.05) is 0 Å². The monoisotopic (exact) mass is 361 g/mol. The van der Waals surface area contributed by atoms with Crippen molar-refractivity contribution in [3.05, 3.63) is 62.7 Å². The average molecular weight is 363 g/mol. The summed E-state index contributed by atoms with van der Waals surface area (Å²) in [6.45, 7) is 0. The van der Waals surface area contributed by atoms with Gasteiger partial charge < -0.3 is 0 Å². The maximum absolute atomic E-state index is 4.64. The number of hydrogen-bond donors (Lipinski definition) is 0.